The molecular formula is C8H14O5S. The van der Waals surface area contributed by atoms with Gasteiger partial charge >= 0.3 is 5.97 Å². The SMILES string of the molecule is CCC(=O)C(C)S(=O)(=O)CC(=O)OC. The summed E-state index contributed by atoms with van der Waals surface area (Å²) >= 11 is 0. The Hall–Kier alpha value is -0.910. The molecule has 14 heavy (non-hydrogen) atoms. The Kier molecular flexibility index (Phi) is 4.76. The van der Waals surface area contributed by atoms with Crippen LogP contribution >= 0.6 is 0 Å². The first-order valence-electron chi connectivity index (χ1n) is 4.16. The molecule has 0 saturated heterocycles. The van der Waals surface area contributed by atoms with E-state index in [4.69, 9.17) is 0 Å². The van der Waals surface area contributed by atoms with Crippen LogP contribution in [0.5, 0.6) is 0 Å². The molecule has 0 radical (unpaired) electrons. The highest BCUT2D eigenvalue weighted by Gasteiger charge is 2.29. The molecule has 0 aromatic rings. The number of hydrogen-bond acceptors (Lipinski definition) is 5. The first-order chi connectivity index (χ1) is 6.35. The highest BCUT2D eigenvalue weighted by molar-refractivity contribution is 7.93. The minimum Gasteiger partial charge on any atom is -0.468 e. The summed E-state index contributed by atoms with van der Waals surface area (Å²) in [7, 11) is -2.61. The number of Topliss-reactive ketones (excluding diaryl/α,β-unsaturated/α-hetero) is 1. The molecule has 0 aliphatic carbocycles. The van der Waals surface area contributed by atoms with Gasteiger partial charge in [-0.25, -0.2) is 8.42 Å². The van der Waals surface area contributed by atoms with Crippen molar-refractivity contribution in [1.82, 2.24) is 0 Å². The molecule has 5 nitrogen and oxygen atoms in total. The Balaban J connectivity index is 4.63. The van der Waals surface area contributed by atoms with Crippen LogP contribution in [0.15, 0.2) is 0 Å². The standard InChI is InChI=1S/C8H14O5S/c1-4-7(9)6(2)14(11,12)5-8(10)13-3/h6H,4-5H2,1-3H3. The number of rotatable bonds is 5. The van der Waals surface area contributed by atoms with Gasteiger partial charge in [-0.3, -0.25) is 9.59 Å². The zero-order chi connectivity index (χ0) is 11.4. The molecule has 82 valence electrons. The highest BCUT2D eigenvalue weighted by Crippen LogP contribution is 2.06. The molecule has 0 aliphatic rings. The fourth-order valence-electron chi connectivity index (χ4n) is 0.836. The van der Waals surface area contributed by atoms with E-state index in [9.17, 15) is 18.0 Å². The molecule has 1 atom stereocenters. The molecular weight excluding hydrogens is 208 g/mol. The number of ether oxygens (including phenoxy) is 1. The number of ketones is 1. The number of hydrogen-bond donors (Lipinski definition) is 0. The fourth-order valence-corrected chi connectivity index (χ4v) is 2.10. The van der Waals surface area contributed by atoms with E-state index in [1.54, 1.807) is 6.92 Å². The molecule has 0 aromatic heterocycles. The monoisotopic (exact) mass is 222 g/mol. The molecule has 0 bridgehead atoms. The maximum atomic E-state index is 11.4. The van der Waals surface area contributed by atoms with Crippen LogP contribution in [0.2, 0.25) is 0 Å². The summed E-state index contributed by atoms with van der Waals surface area (Å²) in [6, 6.07) is 0. The number of sulfone groups is 1. The average molecular weight is 222 g/mol. The second kappa shape index (κ2) is 5.09. The summed E-state index contributed by atoms with van der Waals surface area (Å²) in [4.78, 5) is 21.8. The van der Waals surface area contributed by atoms with Gasteiger partial charge in [0.15, 0.2) is 9.84 Å². The third-order valence-corrected chi connectivity index (χ3v) is 3.87. The molecule has 0 N–H and O–H groups in total. The molecule has 0 aromatic carbocycles. The van der Waals surface area contributed by atoms with E-state index >= 15 is 0 Å². The lowest BCUT2D eigenvalue weighted by molar-refractivity contribution is -0.137. The van der Waals surface area contributed by atoms with Gasteiger partial charge in [0, 0.05) is 6.42 Å². The molecule has 0 aliphatic heterocycles. The highest BCUT2D eigenvalue weighted by atomic mass is 32.2. The van der Waals surface area contributed by atoms with Gasteiger partial charge in [0.2, 0.25) is 0 Å². The fraction of sp³-hybridized carbons (Fsp3) is 0.750. The second-order valence-corrected chi connectivity index (χ2v) is 5.17. The molecule has 0 saturated carbocycles. The summed E-state index contributed by atoms with van der Waals surface area (Å²) in [5.41, 5.74) is 0. The molecule has 0 rings (SSSR count). The van der Waals surface area contributed by atoms with Crippen molar-refractivity contribution < 1.29 is 22.7 Å². The Morgan fingerprint density at radius 1 is 1.36 bits per heavy atom. The number of esters is 1. The van der Waals surface area contributed by atoms with Gasteiger partial charge in [0.05, 0.1) is 7.11 Å². The normalized spacial score (nSPS) is 13.4. The topological polar surface area (TPSA) is 77.5 Å². The first-order valence-corrected chi connectivity index (χ1v) is 5.87. The van der Waals surface area contributed by atoms with E-state index in [1.807, 2.05) is 0 Å². The number of carbonyl (C=O) groups excluding carboxylic acids is 2. The van der Waals surface area contributed by atoms with Gasteiger partial charge in [-0.1, -0.05) is 6.92 Å². The lowest BCUT2D eigenvalue weighted by Crippen LogP contribution is -2.32. The third-order valence-electron chi connectivity index (χ3n) is 1.89. The van der Waals surface area contributed by atoms with E-state index in [2.05, 4.69) is 4.74 Å². The Labute approximate surface area is 83.4 Å². The van der Waals surface area contributed by atoms with Crippen molar-refractivity contribution in [2.45, 2.75) is 25.5 Å². The van der Waals surface area contributed by atoms with Crippen molar-refractivity contribution in [3.63, 3.8) is 0 Å². The predicted octanol–water partition coefficient (Wildman–Crippen LogP) is -0.0582. The van der Waals surface area contributed by atoms with Crippen LogP contribution in [0.25, 0.3) is 0 Å². The van der Waals surface area contributed by atoms with Crippen LogP contribution in [0.4, 0.5) is 0 Å². The van der Waals surface area contributed by atoms with Crippen molar-refractivity contribution in [1.29, 1.82) is 0 Å². The van der Waals surface area contributed by atoms with Crippen molar-refractivity contribution >= 4 is 21.6 Å². The van der Waals surface area contributed by atoms with Gasteiger partial charge in [0.1, 0.15) is 16.8 Å². The largest absolute Gasteiger partial charge is 0.468 e. The smallest absolute Gasteiger partial charge is 0.320 e. The minimum absolute atomic E-state index is 0.140. The minimum atomic E-state index is -3.71. The lowest BCUT2D eigenvalue weighted by atomic mass is 10.2. The molecule has 0 amide bonds. The maximum absolute atomic E-state index is 11.4. The Morgan fingerprint density at radius 3 is 2.21 bits per heavy atom. The summed E-state index contributed by atoms with van der Waals surface area (Å²) in [5.74, 6) is -1.98. The lowest BCUT2D eigenvalue weighted by Gasteiger charge is -2.09. The zero-order valence-electron chi connectivity index (χ0n) is 8.44. The number of carbonyl (C=O) groups is 2. The van der Waals surface area contributed by atoms with E-state index in [0.29, 0.717) is 0 Å². The van der Waals surface area contributed by atoms with Gasteiger partial charge in [-0.05, 0) is 6.92 Å². The molecule has 0 spiro atoms. The van der Waals surface area contributed by atoms with Gasteiger partial charge < -0.3 is 4.74 Å². The van der Waals surface area contributed by atoms with E-state index in [1.165, 1.54) is 6.92 Å². The number of methoxy groups -OCH3 is 1. The predicted molar refractivity (Wildman–Crippen MR) is 50.6 cm³/mol. The first kappa shape index (κ1) is 13.1. The quantitative estimate of drug-likeness (QED) is 0.609. The summed E-state index contributed by atoms with van der Waals surface area (Å²) in [5, 5.41) is -1.13. The van der Waals surface area contributed by atoms with E-state index in [-0.39, 0.29) is 6.42 Å². The van der Waals surface area contributed by atoms with Gasteiger partial charge in [0.25, 0.3) is 0 Å². The van der Waals surface area contributed by atoms with Crippen LogP contribution in [0.1, 0.15) is 20.3 Å². The molecule has 1 unspecified atom stereocenters. The van der Waals surface area contributed by atoms with Crippen LogP contribution in [0, 0.1) is 0 Å². The van der Waals surface area contributed by atoms with Gasteiger partial charge in [-0.15, -0.1) is 0 Å². The summed E-state index contributed by atoms with van der Waals surface area (Å²) in [6.45, 7) is 2.86. The van der Waals surface area contributed by atoms with Crippen LogP contribution in [-0.2, 0) is 24.2 Å². The van der Waals surface area contributed by atoms with Gasteiger partial charge in [-0.2, -0.15) is 0 Å². The van der Waals surface area contributed by atoms with Crippen LogP contribution < -0.4 is 0 Å². The molecule has 6 heteroatoms. The summed E-state index contributed by atoms with van der Waals surface area (Å²) < 4.78 is 27.0. The Bertz CT molecular complexity index is 317. The second-order valence-electron chi connectivity index (χ2n) is 2.85. The maximum Gasteiger partial charge on any atom is 0.320 e. The van der Waals surface area contributed by atoms with E-state index in [0.717, 1.165) is 7.11 Å². The van der Waals surface area contributed by atoms with Crippen molar-refractivity contribution in [2.75, 3.05) is 12.9 Å². The van der Waals surface area contributed by atoms with E-state index < -0.39 is 32.6 Å². The third kappa shape index (κ3) is 3.45. The van der Waals surface area contributed by atoms with Crippen molar-refractivity contribution in [3.05, 3.63) is 0 Å². The van der Waals surface area contributed by atoms with Crippen LogP contribution in [0.3, 0.4) is 0 Å². The molecule has 0 heterocycles. The average Bonchev–Trinajstić information content (AvgIpc) is 2.14. The van der Waals surface area contributed by atoms with Crippen molar-refractivity contribution in [3.8, 4) is 0 Å². The summed E-state index contributed by atoms with van der Waals surface area (Å²) in [6.07, 6.45) is 0.140. The van der Waals surface area contributed by atoms with Crippen molar-refractivity contribution in [2.24, 2.45) is 0 Å². The molecule has 0 fully saturated rings. The zero-order valence-corrected chi connectivity index (χ0v) is 9.26. The Morgan fingerprint density at radius 2 is 1.86 bits per heavy atom. The van der Waals surface area contributed by atoms with Crippen LogP contribution in [-0.4, -0.2) is 38.3 Å².